The van der Waals surface area contributed by atoms with Gasteiger partial charge in [-0.2, -0.15) is 0 Å². The maximum Gasteiger partial charge on any atom is 0.164 e. The van der Waals surface area contributed by atoms with Gasteiger partial charge in [-0.25, -0.2) is 19.9 Å². The number of benzene rings is 5. The molecule has 0 bridgehead atoms. The summed E-state index contributed by atoms with van der Waals surface area (Å²) in [5.41, 5.74) is 10.4. The van der Waals surface area contributed by atoms with E-state index in [-0.39, 0.29) is 0 Å². The summed E-state index contributed by atoms with van der Waals surface area (Å²) >= 11 is 0. The summed E-state index contributed by atoms with van der Waals surface area (Å²) < 4.78 is 6.88. The minimum absolute atomic E-state index is 0.537. The lowest BCUT2D eigenvalue weighted by molar-refractivity contribution is 0.469. The predicted molar refractivity (Wildman–Crippen MR) is 246 cm³/mol. The molecule has 9 aromatic rings. The van der Waals surface area contributed by atoms with Gasteiger partial charge in [0, 0.05) is 58.2 Å². The number of pyridine rings is 3. The fourth-order valence-electron chi connectivity index (χ4n) is 7.95. The van der Waals surface area contributed by atoms with Crippen LogP contribution in [0.3, 0.4) is 0 Å². The van der Waals surface area contributed by atoms with E-state index in [1.165, 1.54) is 0 Å². The molecule has 7 heteroatoms. The molecule has 10 rings (SSSR count). The van der Waals surface area contributed by atoms with Gasteiger partial charge in [0.25, 0.3) is 0 Å². The van der Waals surface area contributed by atoms with E-state index in [9.17, 15) is 0 Å². The molecule has 294 valence electrons. The van der Waals surface area contributed by atoms with Crippen LogP contribution < -0.4 is 4.74 Å². The number of aromatic nitrogens is 6. The van der Waals surface area contributed by atoms with Crippen molar-refractivity contribution in [3.05, 3.63) is 254 Å². The van der Waals surface area contributed by atoms with E-state index in [1.54, 1.807) is 31.0 Å². The van der Waals surface area contributed by atoms with Crippen LogP contribution in [0.15, 0.2) is 231 Å². The Morgan fingerprint density at radius 3 is 1.40 bits per heavy atom. The smallest absolute Gasteiger partial charge is 0.164 e. The molecule has 0 saturated heterocycles. The zero-order valence-corrected chi connectivity index (χ0v) is 33.5. The minimum atomic E-state index is -0.769. The molecular formula is C55H38N6O. The Morgan fingerprint density at radius 2 is 0.887 bits per heavy atom. The molecule has 0 radical (unpaired) electrons. The first kappa shape index (κ1) is 37.8. The molecule has 5 aromatic carbocycles. The molecule has 5 heterocycles. The Morgan fingerprint density at radius 1 is 0.403 bits per heavy atom. The fraction of sp³-hybridized carbons (Fsp3) is 0.0182. The van der Waals surface area contributed by atoms with Gasteiger partial charge in [0.2, 0.25) is 0 Å². The molecule has 1 aliphatic heterocycles. The first-order valence-electron chi connectivity index (χ1n) is 20.4. The van der Waals surface area contributed by atoms with Crippen LogP contribution in [-0.2, 0) is 5.41 Å². The van der Waals surface area contributed by atoms with E-state index < -0.39 is 5.41 Å². The van der Waals surface area contributed by atoms with Gasteiger partial charge in [-0.3, -0.25) is 9.97 Å². The third-order valence-corrected chi connectivity index (χ3v) is 11.0. The van der Waals surface area contributed by atoms with Gasteiger partial charge in [0.1, 0.15) is 5.75 Å². The summed E-state index contributed by atoms with van der Waals surface area (Å²) in [5.74, 6) is 2.37. The predicted octanol–water partition coefficient (Wildman–Crippen LogP) is 12.3. The molecule has 62 heavy (non-hydrogen) atoms. The Kier molecular flexibility index (Phi) is 10.4. The number of fused-ring (bicyclic) bond motifs is 1. The lowest BCUT2D eigenvalue weighted by Crippen LogP contribution is -2.27. The third kappa shape index (κ3) is 7.62. The molecular weight excluding hydrogens is 761 g/mol. The van der Waals surface area contributed by atoms with E-state index in [0.717, 1.165) is 67.0 Å². The van der Waals surface area contributed by atoms with Crippen molar-refractivity contribution < 1.29 is 4.74 Å². The van der Waals surface area contributed by atoms with E-state index in [2.05, 4.69) is 101 Å². The number of nitrogens with zero attached hydrogens (tertiary/aromatic N) is 6. The van der Waals surface area contributed by atoms with Crippen LogP contribution in [0.1, 0.15) is 22.3 Å². The molecule has 0 atom stereocenters. The molecule has 0 amide bonds. The van der Waals surface area contributed by atoms with E-state index in [0.29, 0.717) is 23.2 Å². The van der Waals surface area contributed by atoms with Gasteiger partial charge in [-0.05, 0) is 70.8 Å². The number of ether oxygens (including phenoxy) is 1. The zero-order valence-electron chi connectivity index (χ0n) is 33.5. The second-order valence-corrected chi connectivity index (χ2v) is 14.8. The minimum Gasteiger partial charge on any atom is -0.465 e. The Bertz CT molecular complexity index is 2910. The second kappa shape index (κ2) is 17.0. The van der Waals surface area contributed by atoms with Crippen molar-refractivity contribution in [3.63, 3.8) is 0 Å². The van der Waals surface area contributed by atoms with Crippen LogP contribution in [0.5, 0.6) is 5.75 Å². The van der Waals surface area contributed by atoms with Crippen LogP contribution in [-0.4, -0.2) is 29.9 Å². The fourth-order valence-corrected chi connectivity index (χ4v) is 7.95. The molecule has 4 aromatic heterocycles. The number of hydrogen-bond donors (Lipinski definition) is 0. The topological polar surface area (TPSA) is 86.6 Å². The lowest BCUT2D eigenvalue weighted by atomic mass is 9.68. The van der Waals surface area contributed by atoms with Crippen LogP contribution in [0.2, 0.25) is 0 Å². The van der Waals surface area contributed by atoms with Crippen molar-refractivity contribution in [1.29, 1.82) is 0 Å². The summed E-state index contributed by atoms with van der Waals surface area (Å²) in [5, 5.41) is 0. The number of allylic oxidation sites excluding steroid dienone is 5. The highest BCUT2D eigenvalue weighted by atomic mass is 16.5. The summed E-state index contributed by atoms with van der Waals surface area (Å²) in [6.07, 6.45) is 17.5. The third-order valence-electron chi connectivity index (χ3n) is 11.0. The normalized spacial score (nSPS) is 14.9. The molecule has 0 spiro atoms. The SMILES string of the molecule is C1=C/C(c2cc(-c3ccncc3)nc(-c3ccncc3)c2)=C\C=C\C(c2ccccc2)(c2ccccc2)c2ccc(-c3nc(-c4ccccc4)nc(-c4ccccc4)n3)cc2O\1. The molecule has 0 fully saturated rings. The largest absolute Gasteiger partial charge is 0.465 e. The molecule has 0 saturated carbocycles. The van der Waals surface area contributed by atoms with Crippen molar-refractivity contribution >= 4 is 5.57 Å². The molecule has 7 nitrogen and oxygen atoms in total. The first-order valence-corrected chi connectivity index (χ1v) is 20.4. The summed E-state index contributed by atoms with van der Waals surface area (Å²) in [6.45, 7) is 0. The van der Waals surface area contributed by atoms with Crippen molar-refractivity contribution in [1.82, 2.24) is 29.9 Å². The molecule has 0 N–H and O–H groups in total. The molecule has 0 aliphatic carbocycles. The van der Waals surface area contributed by atoms with Gasteiger partial charge in [0.15, 0.2) is 17.5 Å². The Labute approximate surface area is 360 Å². The highest BCUT2D eigenvalue weighted by molar-refractivity contribution is 5.81. The van der Waals surface area contributed by atoms with Crippen molar-refractivity contribution in [3.8, 4) is 62.4 Å². The standard InChI is InChI=1S/C55H38N6O/c1-5-14-42(15-6-1)52-59-53(43-16-7-2-8-17-43)61-54(60-52)44-23-24-48-51(38-44)62-35-29-39(18-13-30-55(48,46-19-9-3-10-20-46)47-21-11-4-12-22-47)45-36-49(40-25-31-56-32-26-40)58-50(37-45)41-27-33-57-34-28-41/h1-38H/b30-13+,35-29-,39-18+. The van der Waals surface area contributed by atoms with Crippen molar-refractivity contribution in [2.24, 2.45) is 0 Å². The average Bonchev–Trinajstić information content (AvgIpc) is 3.36. The summed E-state index contributed by atoms with van der Waals surface area (Å²) in [6, 6.07) is 59.6. The van der Waals surface area contributed by atoms with Crippen molar-refractivity contribution in [2.75, 3.05) is 0 Å². The highest BCUT2D eigenvalue weighted by Crippen LogP contribution is 2.46. The monoisotopic (exact) mass is 798 g/mol. The Hall–Kier alpha value is -8.42. The van der Waals surface area contributed by atoms with Gasteiger partial charge < -0.3 is 4.74 Å². The highest BCUT2D eigenvalue weighted by Gasteiger charge is 2.37. The average molecular weight is 799 g/mol. The second-order valence-electron chi connectivity index (χ2n) is 14.8. The summed E-state index contributed by atoms with van der Waals surface area (Å²) in [7, 11) is 0. The van der Waals surface area contributed by atoms with Gasteiger partial charge >= 0.3 is 0 Å². The Balaban J connectivity index is 1.17. The van der Waals surface area contributed by atoms with Crippen LogP contribution >= 0.6 is 0 Å². The zero-order chi connectivity index (χ0) is 41.6. The van der Waals surface area contributed by atoms with E-state index in [1.807, 2.05) is 109 Å². The summed E-state index contributed by atoms with van der Waals surface area (Å²) in [4.78, 5) is 28.7. The lowest BCUT2D eigenvalue weighted by Gasteiger charge is -2.34. The van der Waals surface area contributed by atoms with Crippen LogP contribution in [0.25, 0.3) is 62.3 Å². The van der Waals surface area contributed by atoms with E-state index in [4.69, 9.17) is 24.7 Å². The maximum atomic E-state index is 6.88. The molecule has 1 aliphatic rings. The van der Waals surface area contributed by atoms with Gasteiger partial charge in [-0.1, -0.05) is 152 Å². The van der Waals surface area contributed by atoms with Crippen LogP contribution in [0, 0.1) is 0 Å². The number of rotatable bonds is 8. The maximum absolute atomic E-state index is 6.88. The van der Waals surface area contributed by atoms with Gasteiger partial charge in [0.05, 0.1) is 23.1 Å². The first-order chi connectivity index (χ1) is 30.7. The van der Waals surface area contributed by atoms with Crippen LogP contribution in [0.4, 0.5) is 0 Å². The molecule has 0 unspecified atom stereocenters. The van der Waals surface area contributed by atoms with E-state index >= 15 is 0 Å². The van der Waals surface area contributed by atoms with Gasteiger partial charge in [-0.15, -0.1) is 0 Å². The van der Waals surface area contributed by atoms with Crippen molar-refractivity contribution in [2.45, 2.75) is 5.41 Å². The quantitative estimate of drug-likeness (QED) is 0.151. The number of hydrogen-bond acceptors (Lipinski definition) is 7.